The number of amides is 1. The molecule has 1 saturated carbocycles. The van der Waals surface area contributed by atoms with E-state index in [0.717, 1.165) is 5.02 Å². The number of hydrogen-bond acceptors (Lipinski definition) is 2. The predicted molar refractivity (Wildman–Crippen MR) is 99.6 cm³/mol. The molecule has 1 aliphatic carbocycles. The van der Waals surface area contributed by atoms with Gasteiger partial charge in [0.25, 0.3) is 0 Å². The van der Waals surface area contributed by atoms with Crippen molar-refractivity contribution in [3.05, 3.63) is 34.9 Å². The van der Waals surface area contributed by atoms with Crippen LogP contribution in [-0.2, 0) is 4.79 Å². The standard InChI is InChI=1S/C19H25ClN2O.ClH/c20-15-5-3-14(4-6-15)19(13-1-2-13)22-18(23)11-12-9-16-7-8-17(10-12)21-16;/h3-6,12-13,16-17,19,21H,1-2,7-11H2,(H,22,23);1H. The maximum absolute atomic E-state index is 12.6. The molecule has 3 atom stereocenters. The lowest BCUT2D eigenvalue weighted by Crippen LogP contribution is -2.40. The third-order valence-electron chi connectivity index (χ3n) is 5.68. The Kier molecular flexibility index (Phi) is 5.74. The molecular weight excluding hydrogens is 343 g/mol. The zero-order chi connectivity index (χ0) is 15.8. The smallest absolute Gasteiger partial charge is 0.220 e. The van der Waals surface area contributed by atoms with E-state index in [1.54, 1.807) is 0 Å². The van der Waals surface area contributed by atoms with Gasteiger partial charge < -0.3 is 10.6 Å². The Hall–Kier alpha value is -0.770. The van der Waals surface area contributed by atoms with E-state index >= 15 is 0 Å². The van der Waals surface area contributed by atoms with E-state index in [9.17, 15) is 4.79 Å². The second-order valence-corrected chi connectivity index (χ2v) is 8.05. The summed E-state index contributed by atoms with van der Waals surface area (Å²) in [6.45, 7) is 0. The molecular formula is C19H26Cl2N2O. The average molecular weight is 369 g/mol. The molecule has 5 heteroatoms. The van der Waals surface area contributed by atoms with E-state index in [4.69, 9.17) is 11.6 Å². The first kappa shape index (κ1) is 18.0. The summed E-state index contributed by atoms with van der Waals surface area (Å²) in [7, 11) is 0. The Bertz CT molecular complexity index is 561. The molecule has 24 heavy (non-hydrogen) atoms. The molecule has 4 rings (SSSR count). The van der Waals surface area contributed by atoms with Crippen LogP contribution in [0.2, 0.25) is 5.02 Å². The number of fused-ring (bicyclic) bond motifs is 2. The van der Waals surface area contributed by atoms with Gasteiger partial charge in [0.2, 0.25) is 5.91 Å². The topological polar surface area (TPSA) is 41.1 Å². The fraction of sp³-hybridized carbons (Fsp3) is 0.632. The number of carbonyl (C=O) groups excluding carboxylic acids is 1. The minimum Gasteiger partial charge on any atom is -0.349 e. The number of rotatable bonds is 5. The van der Waals surface area contributed by atoms with Crippen molar-refractivity contribution in [3.63, 3.8) is 0 Å². The van der Waals surface area contributed by atoms with Crippen molar-refractivity contribution in [3.8, 4) is 0 Å². The van der Waals surface area contributed by atoms with Crippen LogP contribution in [0, 0.1) is 11.8 Å². The van der Waals surface area contributed by atoms with Crippen LogP contribution in [0.3, 0.4) is 0 Å². The summed E-state index contributed by atoms with van der Waals surface area (Å²) in [5.74, 6) is 1.38. The molecule has 0 aromatic heterocycles. The van der Waals surface area contributed by atoms with Crippen molar-refractivity contribution in [1.29, 1.82) is 0 Å². The van der Waals surface area contributed by atoms with Crippen LogP contribution >= 0.6 is 24.0 Å². The highest BCUT2D eigenvalue weighted by atomic mass is 35.5. The zero-order valence-corrected chi connectivity index (χ0v) is 15.4. The quantitative estimate of drug-likeness (QED) is 0.815. The summed E-state index contributed by atoms with van der Waals surface area (Å²) in [6, 6.07) is 9.42. The van der Waals surface area contributed by atoms with Gasteiger partial charge in [0.1, 0.15) is 0 Å². The lowest BCUT2D eigenvalue weighted by Gasteiger charge is -2.29. The fourth-order valence-electron chi connectivity index (χ4n) is 4.41. The highest BCUT2D eigenvalue weighted by molar-refractivity contribution is 6.30. The largest absolute Gasteiger partial charge is 0.349 e. The van der Waals surface area contributed by atoms with Gasteiger partial charge in [0.15, 0.2) is 0 Å². The van der Waals surface area contributed by atoms with Crippen molar-refractivity contribution >= 4 is 29.9 Å². The number of benzene rings is 1. The second-order valence-electron chi connectivity index (χ2n) is 7.61. The number of hydrogen-bond donors (Lipinski definition) is 2. The van der Waals surface area contributed by atoms with E-state index in [2.05, 4.69) is 22.8 Å². The molecule has 132 valence electrons. The SMILES string of the molecule is Cl.O=C(CC1CC2CCC(C1)N2)NC(c1ccc(Cl)cc1)C1CC1. The highest BCUT2D eigenvalue weighted by Crippen LogP contribution is 2.41. The predicted octanol–water partition coefficient (Wildman–Crippen LogP) is 4.25. The Morgan fingerprint density at radius 3 is 2.33 bits per heavy atom. The molecule has 2 aliphatic heterocycles. The highest BCUT2D eigenvalue weighted by Gasteiger charge is 2.36. The summed E-state index contributed by atoms with van der Waals surface area (Å²) in [4.78, 5) is 12.6. The third kappa shape index (κ3) is 4.25. The van der Waals surface area contributed by atoms with Gasteiger partial charge in [-0.2, -0.15) is 0 Å². The monoisotopic (exact) mass is 368 g/mol. The minimum atomic E-state index is 0. The Labute approximate surface area is 155 Å². The number of nitrogens with one attached hydrogen (secondary N) is 2. The number of halogens is 2. The van der Waals surface area contributed by atoms with Gasteiger partial charge in [-0.3, -0.25) is 4.79 Å². The normalized spacial score (nSPS) is 29.6. The van der Waals surface area contributed by atoms with Crippen LogP contribution in [0.5, 0.6) is 0 Å². The Morgan fingerprint density at radius 1 is 1.12 bits per heavy atom. The first-order chi connectivity index (χ1) is 11.2. The molecule has 1 aromatic carbocycles. The van der Waals surface area contributed by atoms with E-state index in [0.29, 0.717) is 30.3 Å². The first-order valence-corrected chi connectivity index (χ1v) is 9.36. The lowest BCUT2D eigenvalue weighted by molar-refractivity contribution is -0.123. The molecule has 0 radical (unpaired) electrons. The van der Waals surface area contributed by atoms with Gasteiger partial charge in [-0.05, 0) is 68.1 Å². The van der Waals surface area contributed by atoms with Gasteiger partial charge in [0, 0.05) is 23.5 Å². The Balaban J connectivity index is 0.00000169. The van der Waals surface area contributed by atoms with Crippen LogP contribution in [0.25, 0.3) is 0 Å². The van der Waals surface area contributed by atoms with E-state index < -0.39 is 0 Å². The molecule has 1 amide bonds. The maximum Gasteiger partial charge on any atom is 0.220 e. The summed E-state index contributed by atoms with van der Waals surface area (Å²) >= 11 is 5.99. The van der Waals surface area contributed by atoms with Gasteiger partial charge in [-0.1, -0.05) is 23.7 Å². The number of carbonyl (C=O) groups is 1. The summed E-state index contributed by atoms with van der Waals surface area (Å²) in [5.41, 5.74) is 1.19. The molecule has 2 saturated heterocycles. The Morgan fingerprint density at radius 2 is 1.75 bits per heavy atom. The van der Waals surface area contributed by atoms with Crippen LogP contribution in [-0.4, -0.2) is 18.0 Å². The first-order valence-electron chi connectivity index (χ1n) is 8.98. The van der Waals surface area contributed by atoms with Crippen molar-refractivity contribution in [1.82, 2.24) is 10.6 Å². The van der Waals surface area contributed by atoms with E-state index in [1.807, 2.05) is 12.1 Å². The average Bonchev–Trinajstić information content (AvgIpc) is 3.31. The number of piperidine rings is 1. The maximum atomic E-state index is 12.6. The van der Waals surface area contributed by atoms with Crippen LogP contribution in [0.1, 0.15) is 56.6 Å². The van der Waals surface area contributed by atoms with E-state index in [1.165, 1.54) is 44.1 Å². The molecule has 3 fully saturated rings. The van der Waals surface area contributed by atoms with Crippen molar-refractivity contribution in [2.24, 2.45) is 11.8 Å². The summed E-state index contributed by atoms with van der Waals surface area (Å²) in [6.07, 6.45) is 8.02. The van der Waals surface area contributed by atoms with Gasteiger partial charge in [0.05, 0.1) is 6.04 Å². The third-order valence-corrected chi connectivity index (χ3v) is 5.94. The van der Waals surface area contributed by atoms with Crippen molar-refractivity contribution < 1.29 is 4.79 Å². The summed E-state index contributed by atoms with van der Waals surface area (Å²) in [5, 5.41) is 7.71. The molecule has 0 spiro atoms. The zero-order valence-electron chi connectivity index (χ0n) is 13.8. The van der Waals surface area contributed by atoms with Crippen molar-refractivity contribution in [2.75, 3.05) is 0 Å². The van der Waals surface area contributed by atoms with Gasteiger partial charge in [-0.15, -0.1) is 12.4 Å². The summed E-state index contributed by atoms with van der Waals surface area (Å²) < 4.78 is 0. The van der Waals surface area contributed by atoms with Gasteiger partial charge in [-0.25, -0.2) is 0 Å². The van der Waals surface area contributed by atoms with E-state index in [-0.39, 0.29) is 24.4 Å². The lowest BCUT2D eigenvalue weighted by atomic mass is 9.89. The molecule has 2 bridgehead atoms. The molecule has 3 unspecified atom stereocenters. The molecule has 3 aliphatic rings. The fourth-order valence-corrected chi connectivity index (χ4v) is 4.54. The van der Waals surface area contributed by atoms with Crippen LogP contribution < -0.4 is 10.6 Å². The molecule has 1 aromatic rings. The van der Waals surface area contributed by atoms with Gasteiger partial charge >= 0.3 is 0 Å². The molecule has 3 nitrogen and oxygen atoms in total. The van der Waals surface area contributed by atoms with Crippen LogP contribution in [0.4, 0.5) is 0 Å². The second kappa shape index (κ2) is 7.63. The molecule has 2 heterocycles. The van der Waals surface area contributed by atoms with Crippen LogP contribution in [0.15, 0.2) is 24.3 Å². The molecule has 2 N–H and O–H groups in total. The minimum absolute atomic E-state index is 0. The van der Waals surface area contributed by atoms with Crippen molar-refractivity contribution in [2.45, 2.75) is 63.1 Å².